The van der Waals surface area contributed by atoms with Gasteiger partial charge in [-0.25, -0.2) is 0 Å². The predicted molar refractivity (Wildman–Crippen MR) is 88.1 cm³/mol. The Morgan fingerprint density at radius 1 is 1.43 bits per heavy atom. The van der Waals surface area contributed by atoms with E-state index in [-0.39, 0.29) is 6.10 Å². The highest BCUT2D eigenvalue weighted by atomic mass is 16.5. The monoisotopic (exact) mass is 282 g/mol. The van der Waals surface area contributed by atoms with Gasteiger partial charge in [-0.05, 0) is 61.0 Å². The van der Waals surface area contributed by atoms with Gasteiger partial charge in [-0.2, -0.15) is 0 Å². The Labute approximate surface area is 126 Å². The lowest BCUT2D eigenvalue weighted by molar-refractivity contribution is 0.220. The molecule has 2 aliphatic heterocycles. The number of hydrogen-bond donors (Lipinski definition) is 2. The van der Waals surface area contributed by atoms with E-state index in [1.165, 1.54) is 16.7 Å². The van der Waals surface area contributed by atoms with E-state index < -0.39 is 0 Å². The van der Waals surface area contributed by atoms with Crippen LogP contribution in [-0.2, 0) is 6.54 Å². The molecule has 0 spiro atoms. The SMILES string of the molecule is C=C/C(=C\C)c1cc2c(c(OC3CCNC3)c1)CNC=C2. The molecule has 1 fully saturated rings. The summed E-state index contributed by atoms with van der Waals surface area (Å²) in [5.74, 6) is 0.995. The first-order valence-corrected chi connectivity index (χ1v) is 7.55. The van der Waals surface area contributed by atoms with Gasteiger partial charge in [0.15, 0.2) is 0 Å². The molecule has 110 valence electrons. The quantitative estimate of drug-likeness (QED) is 0.833. The molecule has 3 rings (SSSR count). The van der Waals surface area contributed by atoms with Crippen molar-refractivity contribution in [1.29, 1.82) is 0 Å². The number of hydrogen-bond acceptors (Lipinski definition) is 3. The lowest BCUT2D eigenvalue weighted by Crippen LogP contribution is -2.21. The maximum absolute atomic E-state index is 6.26. The maximum Gasteiger partial charge on any atom is 0.125 e. The molecule has 2 N–H and O–H groups in total. The van der Waals surface area contributed by atoms with Crippen LogP contribution in [0, 0.1) is 0 Å². The van der Waals surface area contributed by atoms with E-state index in [1.807, 2.05) is 19.2 Å². The van der Waals surface area contributed by atoms with Crippen molar-refractivity contribution >= 4 is 11.6 Å². The van der Waals surface area contributed by atoms with Gasteiger partial charge in [0.1, 0.15) is 11.9 Å². The van der Waals surface area contributed by atoms with Crippen molar-refractivity contribution in [3.63, 3.8) is 0 Å². The standard InChI is InChI=1S/C18H22N2O/c1-3-13(4-2)15-9-14-5-7-20-12-17(14)18(10-15)21-16-6-8-19-11-16/h3-5,7,9-10,16,19-20H,1,6,8,11-12H2,2H3/b13-4+. The molecule has 0 amide bonds. The van der Waals surface area contributed by atoms with Gasteiger partial charge in [-0.3, -0.25) is 0 Å². The Morgan fingerprint density at radius 3 is 3.05 bits per heavy atom. The van der Waals surface area contributed by atoms with E-state index in [4.69, 9.17) is 4.74 Å². The van der Waals surface area contributed by atoms with Gasteiger partial charge < -0.3 is 15.4 Å². The Balaban J connectivity index is 2.01. The number of nitrogens with one attached hydrogen (secondary N) is 2. The van der Waals surface area contributed by atoms with E-state index in [9.17, 15) is 0 Å². The Morgan fingerprint density at radius 2 is 2.33 bits per heavy atom. The average Bonchev–Trinajstić information content (AvgIpc) is 3.01. The van der Waals surface area contributed by atoms with Gasteiger partial charge in [-0.15, -0.1) is 0 Å². The first-order valence-electron chi connectivity index (χ1n) is 7.55. The van der Waals surface area contributed by atoms with Crippen LogP contribution in [0.1, 0.15) is 30.0 Å². The Hall–Kier alpha value is -2.00. The van der Waals surface area contributed by atoms with Crippen molar-refractivity contribution in [3.05, 3.63) is 53.8 Å². The summed E-state index contributed by atoms with van der Waals surface area (Å²) < 4.78 is 6.26. The van der Waals surface area contributed by atoms with Crippen LogP contribution in [0.15, 0.2) is 37.1 Å². The Bertz CT molecular complexity index is 595. The number of ether oxygens (including phenoxy) is 1. The van der Waals surface area contributed by atoms with Crippen LogP contribution >= 0.6 is 0 Å². The summed E-state index contributed by atoms with van der Waals surface area (Å²) in [6.45, 7) is 8.73. The van der Waals surface area contributed by atoms with E-state index in [0.29, 0.717) is 0 Å². The highest BCUT2D eigenvalue weighted by Crippen LogP contribution is 2.32. The fraction of sp³-hybridized carbons (Fsp3) is 0.333. The lowest BCUT2D eigenvalue weighted by Gasteiger charge is -2.22. The molecule has 1 aromatic carbocycles. The zero-order valence-electron chi connectivity index (χ0n) is 12.5. The summed E-state index contributed by atoms with van der Waals surface area (Å²) in [5, 5.41) is 6.62. The van der Waals surface area contributed by atoms with E-state index in [2.05, 4.69) is 41.5 Å². The second-order valence-corrected chi connectivity index (χ2v) is 5.44. The molecule has 2 heterocycles. The number of fused-ring (bicyclic) bond motifs is 1. The lowest BCUT2D eigenvalue weighted by atomic mass is 9.96. The Kier molecular flexibility index (Phi) is 4.11. The number of allylic oxidation sites excluding steroid dienone is 3. The fourth-order valence-electron chi connectivity index (χ4n) is 2.90. The van der Waals surface area contributed by atoms with Crippen molar-refractivity contribution in [2.75, 3.05) is 13.1 Å². The summed E-state index contributed by atoms with van der Waals surface area (Å²) in [7, 11) is 0. The average molecular weight is 282 g/mol. The first kappa shape index (κ1) is 14.0. The molecule has 1 saturated heterocycles. The van der Waals surface area contributed by atoms with Gasteiger partial charge in [0.05, 0.1) is 0 Å². The summed E-state index contributed by atoms with van der Waals surface area (Å²) in [6.07, 6.45) is 9.43. The highest BCUT2D eigenvalue weighted by Gasteiger charge is 2.20. The molecule has 0 radical (unpaired) electrons. The van der Waals surface area contributed by atoms with Crippen LogP contribution in [0.4, 0.5) is 0 Å². The molecular formula is C18H22N2O. The third kappa shape index (κ3) is 2.88. The van der Waals surface area contributed by atoms with Crippen LogP contribution in [0.3, 0.4) is 0 Å². The zero-order valence-corrected chi connectivity index (χ0v) is 12.5. The molecule has 2 aliphatic rings. The molecule has 0 aliphatic carbocycles. The first-order chi connectivity index (χ1) is 10.3. The van der Waals surface area contributed by atoms with Gasteiger partial charge in [0, 0.05) is 18.7 Å². The van der Waals surface area contributed by atoms with Crippen LogP contribution in [-0.4, -0.2) is 19.2 Å². The van der Waals surface area contributed by atoms with Crippen molar-refractivity contribution in [2.24, 2.45) is 0 Å². The molecule has 1 aromatic rings. The van der Waals surface area contributed by atoms with Gasteiger partial charge >= 0.3 is 0 Å². The van der Waals surface area contributed by atoms with Crippen molar-refractivity contribution < 1.29 is 4.74 Å². The van der Waals surface area contributed by atoms with Crippen LogP contribution < -0.4 is 15.4 Å². The van der Waals surface area contributed by atoms with Crippen LogP contribution in [0.25, 0.3) is 11.6 Å². The van der Waals surface area contributed by atoms with E-state index >= 15 is 0 Å². The minimum atomic E-state index is 0.271. The largest absolute Gasteiger partial charge is 0.489 e. The summed E-state index contributed by atoms with van der Waals surface area (Å²) >= 11 is 0. The summed E-state index contributed by atoms with van der Waals surface area (Å²) in [5.41, 5.74) is 4.78. The second kappa shape index (κ2) is 6.19. The van der Waals surface area contributed by atoms with Crippen molar-refractivity contribution in [1.82, 2.24) is 10.6 Å². The molecule has 1 unspecified atom stereocenters. The molecule has 21 heavy (non-hydrogen) atoms. The summed E-state index contributed by atoms with van der Waals surface area (Å²) in [4.78, 5) is 0. The molecule has 3 heteroatoms. The molecular weight excluding hydrogens is 260 g/mol. The molecule has 3 nitrogen and oxygen atoms in total. The predicted octanol–water partition coefficient (Wildman–Crippen LogP) is 3.09. The van der Waals surface area contributed by atoms with Crippen LogP contribution in [0.2, 0.25) is 0 Å². The van der Waals surface area contributed by atoms with Crippen molar-refractivity contribution in [2.45, 2.75) is 26.0 Å². The second-order valence-electron chi connectivity index (χ2n) is 5.44. The molecule has 1 atom stereocenters. The number of benzene rings is 1. The minimum absolute atomic E-state index is 0.271. The zero-order chi connectivity index (χ0) is 14.7. The number of rotatable bonds is 4. The van der Waals surface area contributed by atoms with E-state index in [0.717, 1.165) is 37.4 Å². The topological polar surface area (TPSA) is 33.3 Å². The minimum Gasteiger partial charge on any atom is -0.489 e. The van der Waals surface area contributed by atoms with Gasteiger partial charge in [0.25, 0.3) is 0 Å². The van der Waals surface area contributed by atoms with Gasteiger partial charge in [0.2, 0.25) is 0 Å². The molecule has 0 saturated carbocycles. The van der Waals surface area contributed by atoms with E-state index in [1.54, 1.807) is 0 Å². The van der Waals surface area contributed by atoms with Gasteiger partial charge in [-0.1, -0.05) is 18.7 Å². The summed E-state index contributed by atoms with van der Waals surface area (Å²) in [6, 6.07) is 4.36. The molecule has 0 bridgehead atoms. The van der Waals surface area contributed by atoms with Crippen LogP contribution in [0.5, 0.6) is 5.75 Å². The normalized spacial score (nSPS) is 20.8. The maximum atomic E-state index is 6.26. The smallest absolute Gasteiger partial charge is 0.125 e. The third-order valence-electron chi connectivity index (χ3n) is 4.08. The third-order valence-corrected chi connectivity index (χ3v) is 4.08. The highest BCUT2D eigenvalue weighted by molar-refractivity contribution is 5.77. The molecule has 0 aromatic heterocycles. The fourth-order valence-corrected chi connectivity index (χ4v) is 2.90. The van der Waals surface area contributed by atoms with Crippen molar-refractivity contribution in [3.8, 4) is 5.75 Å².